The molecule has 0 unspecified atom stereocenters. The van der Waals surface area contributed by atoms with Crippen molar-refractivity contribution in [2.45, 2.75) is 332 Å². The summed E-state index contributed by atoms with van der Waals surface area (Å²) in [5.74, 6) is -1.41. The van der Waals surface area contributed by atoms with Gasteiger partial charge in [0.15, 0.2) is 12.6 Å². The largest absolute Gasteiger partial charge is 0.463 e. The molecule has 0 saturated carbocycles. The molecule has 2 rings (SSSR count). The molecule has 0 spiro atoms. The number of esters is 1. The van der Waals surface area contributed by atoms with E-state index >= 15 is 0 Å². The average molecular weight is 989 g/mol. The highest BCUT2D eigenvalue weighted by Crippen LogP contribution is 2.29. The minimum absolute atomic E-state index is 0.454. The van der Waals surface area contributed by atoms with Crippen molar-refractivity contribution in [3.05, 3.63) is 0 Å². The third kappa shape index (κ3) is 28.9. The van der Waals surface area contributed by atoms with E-state index in [1.54, 1.807) is 0 Å². The van der Waals surface area contributed by atoms with Crippen LogP contribution in [-0.4, -0.2) is 128 Å². The van der Waals surface area contributed by atoms with E-state index < -0.39 is 92.6 Å². The predicted octanol–water partition coefficient (Wildman–Crippen LogP) is 10.4. The first-order valence-corrected chi connectivity index (χ1v) is 29.1. The highest BCUT2D eigenvalue weighted by Gasteiger charge is 2.50. The van der Waals surface area contributed by atoms with Crippen LogP contribution in [0.4, 0.5) is 0 Å². The number of rotatable bonds is 46. The molecule has 2 aliphatic heterocycles. The molecule has 69 heavy (non-hydrogen) atoms. The first-order chi connectivity index (χ1) is 33.6. The van der Waals surface area contributed by atoms with E-state index in [9.17, 15) is 45.6 Å². The molecule has 2 fully saturated rings. The van der Waals surface area contributed by atoms with Crippen molar-refractivity contribution in [1.29, 1.82) is 0 Å². The van der Waals surface area contributed by atoms with E-state index in [1.165, 1.54) is 193 Å². The van der Waals surface area contributed by atoms with Crippen molar-refractivity contribution in [1.82, 2.24) is 0 Å². The van der Waals surface area contributed by atoms with Crippen molar-refractivity contribution < 1.29 is 64.6 Å². The summed E-state index contributed by atoms with van der Waals surface area (Å²) < 4.78 is 22.3. The molecule has 0 radical (unpaired) electrons. The zero-order valence-corrected chi connectivity index (χ0v) is 44.0. The lowest BCUT2D eigenvalue weighted by molar-refractivity contribution is -0.376. The third-order valence-corrected chi connectivity index (χ3v) is 14.9. The highest BCUT2D eigenvalue weighted by molar-refractivity contribution is 5.73. The molecule has 0 aromatic carbocycles. The van der Waals surface area contributed by atoms with Gasteiger partial charge in [-0.3, -0.25) is 4.79 Å². The third-order valence-electron chi connectivity index (χ3n) is 14.9. The topological polar surface area (TPSA) is 216 Å². The number of carbonyl (C=O) groups excluding carboxylic acids is 1. The van der Waals surface area contributed by atoms with Crippen LogP contribution in [0.15, 0.2) is 0 Å². The van der Waals surface area contributed by atoms with Crippen LogP contribution in [0.1, 0.15) is 264 Å². The molecule has 410 valence electrons. The monoisotopic (exact) mass is 989 g/mol. The molecule has 0 aliphatic carbocycles. The van der Waals surface area contributed by atoms with E-state index in [-0.39, 0.29) is 0 Å². The molecule has 2 aliphatic rings. The second-order valence-electron chi connectivity index (χ2n) is 21.1. The van der Waals surface area contributed by atoms with E-state index in [0.29, 0.717) is 12.8 Å². The number of aliphatic hydroxyl groups is 8. The van der Waals surface area contributed by atoms with Gasteiger partial charge in [-0.1, -0.05) is 251 Å². The van der Waals surface area contributed by atoms with E-state index in [1.807, 2.05) is 0 Å². The summed E-state index contributed by atoms with van der Waals surface area (Å²) >= 11 is 0. The van der Waals surface area contributed by atoms with Crippen LogP contribution in [0.25, 0.3) is 0 Å². The highest BCUT2D eigenvalue weighted by atomic mass is 16.8. The van der Waals surface area contributed by atoms with Crippen molar-refractivity contribution in [3.8, 4) is 0 Å². The molecule has 0 aromatic heterocycles. The van der Waals surface area contributed by atoms with E-state index in [0.717, 1.165) is 44.9 Å². The van der Waals surface area contributed by atoms with Gasteiger partial charge in [0.25, 0.3) is 0 Å². The van der Waals surface area contributed by atoms with Crippen LogP contribution in [0.2, 0.25) is 0 Å². The summed E-state index contributed by atoms with van der Waals surface area (Å²) in [7, 11) is 0. The molecule has 0 amide bonds. The van der Waals surface area contributed by atoms with Gasteiger partial charge in [0.2, 0.25) is 0 Å². The predicted molar refractivity (Wildman–Crippen MR) is 273 cm³/mol. The number of unbranched alkanes of at least 4 members (excludes halogenated alkanes) is 35. The number of carbonyl (C=O) groups is 1. The fourth-order valence-electron chi connectivity index (χ4n) is 10.1. The van der Waals surface area contributed by atoms with Crippen LogP contribution in [0, 0.1) is 5.92 Å². The van der Waals surface area contributed by atoms with Crippen molar-refractivity contribution in [2.24, 2.45) is 5.92 Å². The summed E-state index contributed by atoms with van der Waals surface area (Å²) in [6, 6.07) is 0. The normalized spacial score (nSPS) is 26.1. The van der Waals surface area contributed by atoms with Gasteiger partial charge in [-0.15, -0.1) is 0 Å². The molecule has 13 heteroatoms. The van der Waals surface area contributed by atoms with E-state index in [2.05, 4.69) is 13.8 Å². The lowest BCUT2D eigenvalue weighted by Crippen LogP contribution is -2.63. The Morgan fingerprint density at radius 2 is 0.696 bits per heavy atom. The van der Waals surface area contributed by atoms with Gasteiger partial charge >= 0.3 is 5.97 Å². The fourth-order valence-corrected chi connectivity index (χ4v) is 10.1. The maximum atomic E-state index is 13.7. The van der Waals surface area contributed by atoms with E-state index in [4.69, 9.17) is 18.9 Å². The molecule has 13 nitrogen and oxygen atoms in total. The zero-order valence-electron chi connectivity index (χ0n) is 44.0. The number of aliphatic hydroxyl groups excluding tert-OH is 8. The SMILES string of the molecule is CCCCCCCCCCCCCCCCCCCCC[C@@H](O)[C@@H](CCCCCCCCCCCCCCCCCCCC)C(=O)OC[C@H]1O[C@H](O[C@H]2O[C@H](CO)[C@@H](O)[C@H](O)[C@H]2O)[C@H](O)[C@@H](O)[C@@H]1O. The first-order valence-electron chi connectivity index (χ1n) is 29.1. The Kier molecular flexibility index (Phi) is 39.4. The summed E-state index contributed by atoms with van der Waals surface area (Å²) in [6.45, 7) is 3.32. The lowest BCUT2D eigenvalue weighted by Gasteiger charge is -2.44. The second-order valence-corrected chi connectivity index (χ2v) is 21.1. The van der Waals surface area contributed by atoms with Gasteiger partial charge in [0.1, 0.15) is 55.4 Å². The molecular weight excluding hydrogens is 881 g/mol. The van der Waals surface area contributed by atoms with Crippen molar-refractivity contribution >= 4 is 5.97 Å². The fraction of sp³-hybridized carbons (Fsp3) is 0.982. The Morgan fingerprint density at radius 1 is 0.406 bits per heavy atom. The standard InChI is InChI=1S/C56H108O13/c1-3-5-7-9-11-13-15-17-19-21-23-25-27-29-31-33-35-37-39-41-45(58)44(40-38-36-34-32-30-28-26-24-22-20-18-16-14-12-10-8-6-4-2)54(65)66-43-47-49(60)51(62)53(64)56(68-47)69-55-52(63)50(61)48(59)46(42-57)67-55/h44-53,55-64H,3-43H2,1-2H3/t44-,45-,46-,47-,48-,49-,50+,51+,52-,53-,55-,56-/m1/s1. The van der Waals surface area contributed by atoms with Gasteiger partial charge < -0.3 is 59.8 Å². The van der Waals surface area contributed by atoms with Gasteiger partial charge in [-0.2, -0.15) is 0 Å². The molecular formula is C56H108O13. The number of ether oxygens (including phenoxy) is 4. The van der Waals surface area contributed by atoms with Crippen LogP contribution in [-0.2, 0) is 23.7 Å². The summed E-state index contributed by atoms with van der Waals surface area (Å²) in [5.41, 5.74) is 0. The summed E-state index contributed by atoms with van der Waals surface area (Å²) in [4.78, 5) is 13.7. The molecule has 0 aromatic rings. The first kappa shape index (κ1) is 64.1. The van der Waals surface area contributed by atoms with Gasteiger partial charge in [0.05, 0.1) is 18.6 Å². The average Bonchev–Trinajstić information content (AvgIpc) is 3.35. The van der Waals surface area contributed by atoms with Crippen LogP contribution < -0.4 is 0 Å². The molecule has 0 bridgehead atoms. The molecule has 8 N–H and O–H groups in total. The minimum atomic E-state index is -1.82. The minimum Gasteiger partial charge on any atom is -0.463 e. The molecule has 2 saturated heterocycles. The second kappa shape index (κ2) is 42.4. The Balaban J connectivity index is 1.75. The van der Waals surface area contributed by atoms with Gasteiger partial charge in [-0.25, -0.2) is 0 Å². The van der Waals surface area contributed by atoms with Crippen LogP contribution in [0.3, 0.4) is 0 Å². The molecule has 2 heterocycles. The Labute approximate surface area is 420 Å². The Morgan fingerprint density at radius 3 is 1.03 bits per heavy atom. The van der Waals surface area contributed by atoms with Crippen LogP contribution in [0.5, 0.6) is 0 Å². The Hall–Kier alpha value is -0.970. The van der Waals surface area contributed by atoms with Crippen molar-refractivity contribution in [3.63, 3.8) is 0 Å². The van der Waals surface area contributed by atoms with Gasteiger partial charge in [0, 0.05) is 0 Å². The zero-order chi connectivity index (χ0) is 50.3. The number of hydrogen-bond acceptors (Lipinski definition) is 13. The summed E-state index contributed by atoms with van der Waals surface area (Å²) in [6.07, 6.45) is 30.5. The number of hydrogen-bond donors (Lipinski definition) is 8. The maximum Gasteiger partial charge on any atom is 0.311 e. The quantitative estimate of drug-likeness (QED) is 0.0211. The van der Waals surface area contributed by atoms with Crippen LogP contribution >= 0.6 is 0 Å². The lowest BCUT2D eigenvalue weighted by atomic mass is 9.91. The Bertz CT molecular complexity index is 1160. The summed E-state index contributed by atoms with van der Waals surface area (Å²) in [5, 5.41) is 83.8. The van der Waals surface area contributed by atoms with Gasteiger partial charge in [-0.05, 0) is 12.8 Å². The maximum absolute atomic E-state index is 13.7. The smallest absolute Gasteiger partial charge is 0.311 e. The molecule has 12 atom stereocenters. The van der Waals surface area contributed by atoms with Crippen molar-refractivity contribution in [2.75, 3.05) is 13.2 Å².